The summed E-state index contributed by atoms with van der Waals surface area (Å²) in [5, 5.41) is 10.9. The van der Waals surface area contributed by atoms with Crippen LogP contribution in [-0.2, 0) is 4.79 Å². The number of ether oxygens (including phenoxy) is 1. The second-order valence-electron chi connectivity index (χ2n) is 9.23. The fourth-order valence-corrected chi connectivity index (χ4v) is 5.93. The first-order chi connectivity index (χ1) is 17.4. The molecule has 0 unspecified atom stereocenters. The number of benzene rings is 1. The lowest BCUT2D eigenvalue weighted by Crippen LogP contribution is -2.44. The van der Waals surface area contributed by atoms with Gasteiger partial charge in [0, 0.05) is 34.4 Å². The first-order valence-electron chi connectivity index (χ1n) is 12.2. The molecule has 192 valence electrons. The Hall–Kier alpha value is -2.42. The first-order valence-corrected chi connectivity index (χ1v) is 13.5. The van der Waals surface area contributed by atoms with Gasteiger partial charge in [-0.25, -0.2) is 4.39 Å². The molecule has 9 heteroatoms. The number of likely N-dealkylation sites (tertiary alicyclic amines) is 1. The zero-order valence-electron chi connectivity index (χ0n) is 20.3. The van der Waals surface area contributed by atoms with Crippen LogP contribution in [0.2, 0.25) is 5.02 Å². The summed E-state index contributed by atoms with van der Waals surface area (Å²) < 4.78 is 20.9. The van der Waals surface area contributed by atoms with Gasteiger partial charge in [-0.15, -0.1) is 11.8 Å². The van der Waals surface area contributed by atoms with E-state index in [0.717, 1.165) is 23.6 Å². The van der Waals surface area contributed by atoms with Gasteiger partial charge in [-0.1, -0.05) is 11.6 Å². The van der Waals surface area contributed by atoms with Gasteiger partial charge < -0.3 is 14.7 Å². The van der Waals surface area contributed by atoms with Crippen molar-refractivity contribution in [1.82, 2.24) is 14.9 Å². The number of fused-ring (bicyclic) bond motifs is 1. The minimum Gasteiger partial charge on any atom is -0.497 e. The number of carboxylic acids is 1. The van der Waals surface area contributed by atoms with Crippen molar-refractivity contribution in [3.8, 4) is 5.75 Å². The summed E-state index contributed by atoms with van der Waals surface area (Å²) in [5.74, 6) is 0.739. The fraction of sp³-hybridized carbons (Fsp3) is 0.444. The smallest absolute Gasteiger partial charge is 0.309 e. The Morgan fingerprint density at radius 1 is 1.31 bits per heavy atom. The van der Waals surface area contributed by atoms with E-state index >= 15 is 4.39 Å². The summed E-state index contributed by atoms with van der Waals surface area (Å²) in [7, 11) is 1.55. The standard InChI is InChI=1S/C27H31ClFN3O3S/c1-35-19-5-6-24-21(16-19)25(22(28)18-31-24)23(29)7-8-27(26(33)34)9-13-32(14-10-27)12-3-15-36-20-4-2-11-30-17-20/h2,4-6,11,16-18,23H,3,7-10,12-15H2,1H3,(H,33,34)/t23-/m1/s1. The molecular weight excluding hydrogens is 501 g/mol. The van der Waals surface area contributed by atoms with Crippen LogP contribution in [0.4, 0.5) is 4.39 Å². The summed E-state index contributed by atoms with van der Waals surface area (Å²) in [6.07, 6.45) is 6.09. The molecule has 4 rings (SSSR count). The molecule has 1 N–H and O–H groups in total. The molecule has 1 aliphatic heterocycles. The largest absolute Gasteiger partial charge is 0.497 e. The predicted octanol–water partition coefficient (Wildman–Crippen LogP) is 6.43. The van der Waals surface area contributed by atoms with Gasteiger partial charge in [0.25, 0.3) is 0 Å². The third kappa shape index (κ3) is 6.28. The average molecular weight is 532 g/mol. The van der Waals surface area contributed by atoms with Crippen LogP contribution in [0.5, 0.6) is 5.75 Å². The summed E-state index contributed by atoms with van der Waals surface area (Å²) in [4.78, 5) is 24.2. The van der Waals surface area contributed by atoms with Gasteiger partial charge in [0.05, 0.1) is 23.1 Å². The van der Waals surface area contributed by atoms with Gasteiger partial charge in [-0.2, -0.15) is 0 Å². The van der Waals surface area contributed by atoms with Crippen molar-refractivity contribution in [2.24, 2.45) is 5.41 Å². The molecule has 1 atom stereocenters. The molecule has 1 fully saturated rings. The molecule has 1 aliphatic rings. The van der Waals surface area contributed by atoms with Gasteiger partial charge in [0.1, 0.15) is 11.9 Å². The van der Waals surface area contributed by atoms with Crippen molar-refractivity contribution in [2.45, 2.75) is 43.2 Å². The van der Waals surface area contributed by atoms with Crippen LogP contribution in [0.15, 0.2) is 53.8 Å². The number of piperidine rings is 1. The number of nitrogens with zero attached hydrogens (tertiary/aromatic N) is 3. The molecule has 2 aromatic heterocycles. The van der Waals surface area contributed by atoms with Gasteiger partial charge in [0.2, 0.25) is 0 Å². The summed E-state index contributed by atoms with van der Waals surface area (Å²) in [5.41, 5.74) is 0.0589. The van der Waals surface area contributed by atoms with Crippen molar-refractivity contribution in [3.63, 3.8) is 0 Å². The Morgan fingerprint density at radius 2 is 2.11 bits per heavy atom. The molecule has 0 spiro atoms. The quantitative estimate of drug-likeness (QED) is 0.225. The van der Waals surface area contributed by atoms with E-state index < -0.39 is 17.6 Å². The van der Waals surface area contributed by atoms with Gasteiger partial charge >= 0.3 is 5.97 Å². The molecule has 3 aromatic rings. The van der Waals surface area contributed by atoms with Crippen molar-refractivity contribution in [1.29, 1.82) is 0 Å². The van der Waals surface area contributed by atoms with Gasteiger partial charge in [-0.3, -0.25) is 14.8 Å². The number of carboxylic acid groups (broad SMARTS) is 1. The SMILES string of the molecule is COc1ccc2ncc(Cl)c([C@H](F)CCC3(C(=O)O)CCN(CCCSc4cccnc4)CC3)c2c1. The number of methoxy groups -OCH3 is 1. The number of rotatable bonds is 11. The highest BCUT2D eigenvalue weighted by Crippen LogP contribution is 2.42. The summed E-state index contributed by atoms with van der Waals surface area (Å²) >= 11 is 8.14. The lowest BCUT2D eigenvalue weighted by atomic mass is 9.74. The molecule has 0 bridgehead atoms. The monoisotopic (exact) mass is 531 g/mol. The highest BCUT2D eigenvalue weighted by atomic mass is 35.5. The van der Waals surface area contributed by atoms with Crippen LogP contribution in [0.3, 0.4) is 0 Å². The molecule has 0 amide bonds. The van der Waals surface area contributed by atoms with Crippen molar-refractivity contribution >= 4 is 40.2 Å². The highest BCUT2D eigenvalue weighted by molar-refractivity contribution is 7.99. The maximum Gasteiger partial charge on any atom is 0.309 e. The van der Waals surface area contributed by atoms with E-state index in [2.05, 4.69) is 20.9 Å². The molecule has 1 saturated heterocycles. The number of aliphatic carboxylic acids is 1. The second kappa shape index (κ2) is 12.2. The molecule has 0 aliphatic carbocycles. The number of pyridine rings is 2. The Labute approximate surface area is 220 Å². The van der Waals surface area contributed by atoms with E-state index in [1.807, 2.05) is 12.3 Å². The Bertz CT molecular complexity index is 1180. The molecule has 36 heavy (non-hydrogen) atoms. The van der Waals surface area contributed by atoms with Crippen LogP contribution in [-0.4, -0.2) is 58.4 Å². The van der Waals surface area contributed by atoms with E-state index in [1.54, 1.807) is 43.3 Å². The maximum atomic E-state index is 15.6. The minimum absolute atomic E-state index is 0.0874. The van der Waals surface area contributed by atoms with Crippen LogP contribution in [0.1, 0.15) is 43.8 Å². The molecule has 0 saturated carbocycles. The Morgan fingerprint density at radius 3 is 2.81 bits per heavy atom. The zero-order valence-corrected chi connectivity index (χ0v) is 21.9. The number of alkyl halides is 1. The molecule has 0 radical (unpaired) electrons. The highest BCUT2D eigenvalue weighted by Gasteiger charge is 2.41. The number of hydrogen-bond donors (Lipinski definition) is 1. The van der Waals surface area contributed by atoms with E-state index in [1.165, 1.54) is 6.20 Å². The summed E-state index contributed by atoms with van der Waals surface area (Å²) in [6, 6.07) is 9.25. The fourth-order valence-electron chi connectivity index (χ4n) is 4.85. The lowest BCUT2D eigenvalue weighted by molar-refractivity contribution is -0.153. The van der Waals surface area contributed by atoms with Crippen LogP contribution in [0, 0.1) is 5.41 Å². The van der Waals surface area contributed by atoms with Gasteiger partial charge in [-0.05, 0) is 87.8 Å². The maximum absolute atomic E-state index is 15.6. The molecule has 3 heterocycles. The molecular formula is C27H31ClFN3O3S. The summed E-state index contributed by atoms with van der Waals surface area (Å²) in [6.45, 7) is 2.34. The van der Waals surface area contributed by atoms with Crippen LogP contribution in [0.25, 0.3) is 10.9 Å². The normalized spacial score (nSPS) is 16.6. The Balaban J connectivity index is 1.34. The van der Waals surface area contributed by atoms with Crippen LogP contribution < -0.4 is 4.74 Å². The van der Waals surface area contributed by atoms with E-state index in [4.69, 9.17) is 16.3 Å². The minimum atomic E-state index is -1.39. The lowest BCUT2D eigenvalue weighted by Gasteiger charge is -2.39. The zero-order chi connectivity index (χ0) is 25.5. The topological polar surface area (TPSA) is 75.6 Å². The second-order valence-corrected chi connectivity index (χ2v) is 10.8. The number of aromatic nitrogens is 2. The number of thioether (sulfide) groups is 1. The van der Waals surface area contributed by atoms with E-state index in [-0.39, 0.29) is 17.9 Å². The first kappa shape index (κ1) is 26.6. The average Bonchev–Trinajstić information content (AvgIpc) is 2.90. The Kier molecular flexibility index (Phi) is 9.04. The number of carbonyl (C=O) groups is 1. The molecule has 6 nitrogen and oxygen atoms in total. The third-order valence-electron chi connectivity index (χ3n) is 7.05. The number of halogens is 2. The van der Waals surface area contributed by atoms with E-state index in [9.17, 15) is 9.90 Å². The third-order valence-corrected chi connectivity index (χ3v) is 8.42. The van der Waals surface area contributed by atoms with Crippen LogP contribution >= 0.6 is 23.4 Å². The predicted molar refractivity (Wildman–Crippen MR) is 142 cm³/mol. The van der Waals surface area contributed by atoms with Crippen molar-refractivity contribution < 1.29 is 19.0 Å². The van der Waals surface area contributed by atoms with E-state index in [0.29, 0.717) is 48.1 Å². The van der Waals surface area contributed by atoms with Crippen molar-refractivity contribution in [2.75, 3.05) is 32.5 Å². The van der Waals surface area contributed by atoms with Crippen molar-refractivity contribution in [3.05, 3.63) is 59.5 Å². The van der Waals surface area contributed by atoms with Gasteiger partial charge in [0.15, 0.2) is 0 Å². The molecule has 1 aromatic carbocycles. The number of hydrogen-bond acceptors (Lipinski definition) is 6.